The third-order valence-electron chi connectivity index (χ3n) is 5.82. The van der Waals surface area contributed by atoms with Crippen LogP contribution in [0.15, 0.2) is 29.3 Å². The molecule has 146 valence electrons. The first-order valence-electron chi connectivity index (χ1n) is 9.84. The molecular formula is C22H25N3O2S. The largest absolute Gasteiger partial charge is 0.321 e. The molecule has 5 nitrogen and oxygen atoms in total. The van der Waals surface area contributed by atoms with E-state index >= 15 is 0 Å². The molecule has 4 rings (SSSR count). The van der Waals surface area contributed by atoms with Gasteiger partial charge in [0.05, 0.1) is 16.6 Å². The van der Waals surface area contributed by atoms with Crippen LogP contribution < -0.4 is 10.9 Å². The lowest BCUT2D eigenvalue weighted by Crippen LogP contribution is -2.26. The van der Waals surface area contributed by atoms with Gasteiger partial charge >= 0.3 is 0 Å². The van der Waals surface area contributed by atoms with Crippen LogP contribution in [-0.2, 0) is 0 Å². The van der Waals surface area contributed by atoms with Crippen molar-refractivity contribution in [3.63, 3.8) is 0 Å². The standard InChI is InChI=1S/C22H25N3O2S/c1-13-9-10-16(11-14(13)2)24-20(26)19-15(3)18-21(28-19)23-12-25(22(18)27)17-7-5-4-6-8-17/h9-12,17H,4-8H2,1-3H3,(H,24,26). The second kappa shape index (κ2) is 7.51. The number of fused-ring (bicyclic) bond motifs is 1. The summed E-state index contributed by atoms with van der Waals surface area (Å²) in [5, 5.41) is 3.55. The highest BCUT2D eigenvalue weighted by Crippen LogP contribution is 2.30. The first kappa shape index (κ1) is 18.9. The van der Waals surface area contributed by atoms with Crippen LogP contribution in [0.3, 0.4) is 0 Å². The van der Waals surface area contributed by atoms with Gasteiger partial charge in [-0.1, -0.05) is 25.3 Å². The van der Waals surface area contributed by atoms with E-state index in [1.54, 1.807) is 10.9 Å². The Morgan fingerprint density at radius 2 is 1.89 bits per heavy atom. The molecule has 1 aliphatic rings. The number of thiophene rings is 1. The lowest BCUT2D eigenvalue weighted by Gasteiger charge is -2.23. The number of anilines is 1. The number of hydrogen-bond acceptors (Lipinski definition) is 4. The van der Waals surface area contributed by atoms with Crippen LogP contribution >= 0.6 is 11.3 Å². The van der Waals surface area contributed by atoms with Crippen LogP contribution in [0.25, 0.3) is 10.2 Å². The fourth-order valence-corrected chi connectivity index (χ4v) is 5.01. The van der Waals surface area contributed by atoms with Gasteiger partial charge in [0.1, 0.15) is 4.83 Å². The van der Waals surface area contributed by atoms with E-state index in [9.17, 15) is 9.59 Å². The van der Waals surface area contributed by atoms with E-state index in [0.29, 0.717) is 15.1 Å². The van der Waals surface area contributed by atoms with Crippen molar-refractivity contribution in [1.29, 1.82) is 0 Å². The normalized spacial score (nSPS) is 15.1. The number of nitrogens with one attached hydrogen (secondary N) is 1. The zero-order valence-electron chi connectivity index (χ0n) is 16.5. The van der Waals surface area contributed by atoms with Crippen LogP contribution in [0.5, 0.6) is 0 Å². The van der Waals surface area contributed by atoms with E-state index < -0.39 is 0 Å². The summed E-state index contributed by atoms with van der Waals surface area (Å²) in [5.41, 5.74) is 3.78. The van der Waals surface area contributed by atoms with Gasteiger partial charge < -0.3 is 5.32 Å². The molecule has 0 unspecified atom stereocenters. The highest BCUT2D eigenvalue weighted by molar-refractivity contribution is 7.20. The molecule has 3 aromatic rings. The molecule has 2 heterocycles. The number of carbonyl (C=O) groups excluding carboxylic acids is 1. The Hall–Kier alpha value is -2.47. The molecule has 0 saturated heterocycles. The minimum atomic E-state index is -0.188. The van der Waals surface area contributed by atoms with Gasteiger partial charge in [0.25, 0.3) is 11.5 Å². The van der Waals surface area contributed by atoms with E-state index in [1.807, 2.05) is 39.0 Å². The van der Waals surface area contributed by atoms with Crippen molar-refractivity contribution < 1.29 is 4.79 Å². The Morgan fingerprint density at radius 1 is 1.14 bits per heavy atom. The number of nitrogens with zero attached hydrogens (tertiary/aromatic N) is 2. The monoisotopic (exact) mass is 395 g/mol. The molecule has 0 atom stereocenters. The molecule has 28 heavy (non-hydrogen) atoms. The molecule has 1 N–H and O–H groups in total. The van der Waals surface area contributed by atoms with Gasteiger partial charge in [-0.05, 0) is 62.4 Å². The van der Waals surface area contributed by atoms with Crippen molar-refractivity contribution >= 4 is 33.1 Å². The van der Waals surface area contributed by atoms with Crippen molar-refractivity contribution in [2.75, 3.05) is 5.32 Å². The maximum Gasteiger partial charge on any atom is 0.266 e. The van der Waals surface area contributed by atoms with Crippen LogP contribution in [0, 0.1) is 20.8 Å². The summed E-state index contributed by atoms with van der Waals surface area (Å²) in [4.78, 5) is 31.7. The summed E-state index contributed by atoms with van der Waals surface area (Å²) in [6, 6.07) is 6.08. The summed E-state index contributed by atoms with van der Waals surface area (Å²) < 4.78 is 1.78. The molecule has 0 bridgehead atoms. The van der Waals surface area contributed by atoms with E-state index in [-0.39, 0.29) is 17.5 Å². The number of aromatic nitrogens is 2. The Balaban J connectivity index is 1.69. The zero-order valence-corrected chi connectivity index (χ0v) is 17.4. The zero-order chi connectivity index (χ0) is 19.8. The summed E-state index contributed by atoms with van der Waals surface area (Å²) in [7, 11) is 0. The molecule has 1 saturated carbocycles. The Morgan fingerprint density at radius 3 is 2.61 bits per heavy atom. The van der Waals surface area contributed by atoms with E-state index in [0.717, 1.165) is 42.5 Å². The first-order valence-corrected chi connectivity index (χ1v) is 10.7. The predicted octanol–water partition coefficient (Wildman–Crippen LogP) is 5.14. The van der Waals surface area contributed by atoms with Crippen LogP contribution in [0.1, 0.15) is 64.5 Å². The number of hydrogen-bond donors (Lipinski definition) is 1. The van der Waals surface area contributed by atoms with Crippen LogP contribution in [0.2, 0.25) is 0 Å². The van der Waals surface area contributed by atoms with Crippen molar-refractivity contribution in [2.24, 2.45) is 0 Å². The number of rotatable bonds is 3. The SMILES string of the molecule is Cc1ccc(NC(=O)c2sc3ncn(C4CCCCC4)c(=O)c3c2C)cc1C. The smallest absolute Gasteiger partial charge is 0.266 e. The van der Waals surface area contributed by atoms with Crippen LogP contribution in [-0.4, -0.2) is 15.5 Å². The highest BCUT2D eigenvalue weighted by Gasteiger charge is 2.22. The van der Waals surface area contributed by atoms with Gasteiger partial charge in [0.15, 0.2) is 0 Å². The number of carbonyl (C=O) groups is 1. The molecule has 1 fully saturated rings. The van der Waals surface area contributed by atoms with Crippen LogP contribution in [0.4, 0.5) is 5.69 Å². The summed E-state index contributed by atoms with van der Waals surface area (Å²) >= 11 is 1.29. The maximum atomic E-state index is 13.1. The highest BCUT2D eigenvalue weighted by atomic mass is 32.1. The molecule has 1 aromatic carbocycles. The van der Waals surface area contributed by atoms with E-state index in [4.69, 9.17) is 0 Å². The topological polar surface area (TPSA) is 64.0 Å². The van der Waals surface area contributed by atoms with Gasteiger partial charge in [0.2, 0.25) is 0 Å². The minimum absolute atomic E-state index is 0.0177. The third kappa shape index (κ3) is 3.37. The fraction of sp³-hybridized carbons (Fsp3) is 0.409. The Labute approximate surface area is 168 Å². The van der Waals surface area contributed by atoms with Gasteiger partial charge in [0, 0.05) is 11.7 Å². The lowest BCUT2D eigenvalue weighted by molar-refractivity contribution is 0.103. The molecule has 6 heteroatoms. The van der Waals surface area contributed by atoms with Gasteiger partial charge in [-0.25, -0.2) is 4.98 Å². The van der Waals surface area contributed by atoms with Crippen molar-refractivity contribution in [3.05, 3.63) is 56.4 Å². The third-order valence-corrected chi connectivity index (χ3v) is 7.01. The molecule has 2 aromatic heterocycles. The van der Waals surface area contributed by atoms with Crippen molar-refractivity contribution in [1.82, 2.24) is 9.55 Å². The molecule has 0 radical (unpaired) electrons. The molecule has 1 amide bonds. The van der Waals surface area contributed by atoms with E-state index in [2.05, 4.69) is 10.3 Å². The quantitative estimate of drug-likeness (QED) is 0.668. The average Bonchev–Trinajstić information content (AvgIpc) is 3.03. The molecular weight excluding hydrogens is 370 g/mol. The first-order chi connectivity index (χ1) is 13.5. The van der Waals surface area contributed by atoms with Crippen molar-refractivity contribution in [3.8, 4) is 0 Å². The minimum Gasteiger partial charge on any atom is -0.321 e. The summed E-state index contributed by atoms with van der Waals surface area (Å²) in [6.45, 7) is 5.91. The fourth-order valence-electron chi connectivity index (χ4n) is 3.98. The molecule has 0 aliphatic heterocycles. The second-order valence-corrected chi connectivity index (χ2v) is 8.74. The Kier molecular flexibility index (Phi) is 5.06. The lowest BCUT2D eigenvalue weighted by atomic mass is 9.95. The summed E-state index contributed by atoms with van der Waals surface area (Å²) in [5.74, 6) is -0.188. The Bertz CT molecular complexity index is 1110. The van der Waals surface area contributed by atoms with Gasteiger partial charge in [-0.3, -0.25) is 14.2 Å². The summed E-state index contributed by atoms with van der Waals surface area (Å²) in [6.07, 6.45) is 7.26. The van der Waals surface area contributed by atoms with E-state index in [1.165, 1.54) is 23.3 Å². The average molecular weight is 396 g/mol. The number of aryl methyl sites for hydroxylation is 3. The second-order valence-electron chi connectivity index (χ2n) is 7.74. The number of amides is 1. The maximum absolute atomic E-state index is 13.1. The molecule has 0 spiro atoms. The number of benzene rings is 1. The predicted molar refractivity (Wildman–Crippen MR) is 115 cm³/mol. The van der Waals surface area contributed by atoms with Gasteiger partial charge in [-0.2, -0.15) is 0 Å². The molecule has 1 aliphatic carbocycles. The van der Waals surface area contributed by atoms with Gasteiger partial charge in [-0.15, -0.1) is 11.3 Å². The van der Waals surface area contributed by atoms with Crippen molar-refractivity contribution in [2.45, 2.75) is 58.9 Å².